The van der Waals surface area contributed by atoms with Gasteiger partial charge in [-0.3, -0.25) is 0 Å². The third kappa shape index (κ3) is 3.95. The Bertz CT molecular complexity index is 1830. The van der Waals surface area contributed by atoms with Crippen LogP contribution in [0, 0.1) is 6.92 Å². The highest BCUT2D eigenvalue weighted by atomic mass is 19.4. The molecule has 0 aliphatic carbocycles. The van der Waals surface area contributed by atoms with Gasteiger partial charge in [-0.15, -0.1) is 10.2 Å². The van der Waals surface area contributed by atoms with Gasteiger partial charge in [0, 0.05) is 21.7 Å². The van der Waals surface area contributed by atoms with E-state index in [0.29, 0.717) is 33.9 Å². The summed E-state index contributed by atoms with van der Waals surface area (Å²) in [5, 5.41) is 11.5. The maximum atomic E-state index is 14.2. The Labute approximate surface area is 211 Å². The maximum Gasteiger partial charge on any atom is 0.417 e. The number of furan rings is 1. The summed E-state index contributed by atoms with van der Waals surface area (Å²) in [5.41, 5.74) is -2.73. The van der Waals surface area contributed by atoms with Crippen molar-refractivity contribution in [1.82, 2.24) is 10.2 Å². The molecule has 2 heterocycles. The van der Waals surface area contributed by atoms with Gasteiger partial charge in [-0.1, -0.05) is 42.5 Å². The predicted molar refractivity (Wildman–Crippen MR) is 132 cm³/mol. The van der Waals surface area contributed by atoms with Crippen LogP contribution in [0.2, 0.25) is 0 Å². The van der Waals surface area contributed by atoms with Gasteiger partial charge in [-0.2, -0.15) is 26.3 Å². The van der Waals surface area contributed by atoms with Crippen LogP contribution in [-0.2, 0) is 12.4 Å². The van der Waals surface area contributed by atoms with Crippen LogP contribution in [0.5, 0.6) is 0 Å². The van der Waals surface area contributed by atoms with E-state index in [0.717, 1.165) is 16.2 Å². The minimum atomic E-state index is -5.07. The number of aryl methyl sites for hydroxylation is 1. The number of hydrogen-bond donors (Lipinski definition) is 0. The van der Waals surface area contributed by atoms with Gasteiger partial charge in [-0.05, 0) is 59.7 Å². The summed E-state index contributed by atoms with van der Waals surface area (Å²) in [7, 11) is 0. The van der Waals surface area contributed by atoms with E-state index in [9.17, 15) is 26.3 Å². The van der Waals surface area contributed by atoms with Crippen molar-refractivity contribution in [3.05, 3.63) is 95.6 Å². The van der Waals surface area contributed by atoms with Gasteiger partial charge < -0.3 is 4.42 Å². The van der Waals surface area contributed by atoms with Gasteiger partial charge in [0.15, 0.2) is 5.76 Å². The molecule has 0 saturated heterocycles. The summed E-state index contributed by atoms with van der Waals surface area (Å²) < 4.78 is 88.7. The number of halogens is 6. The van der Waals surface area contributed by atoms with E-state index < -0.39 is 29.0 Å². The fourth-order valence-electron chi connectivity index (χ4n) is 4.79. The number of para-hydroxylation sites is 1. The third-order valence-electron chi connectivity index (χ3n) is 6.51. The number of hydrogen-bond acceptors (Lipinski definition) is 3. The largest absolute Gasteiger partial charge is 0.454 e. The second-order valence-corrected chi connectivity index (χ2v) is 9.00. The lowest BCUT2D eigenvalue weighted by molar-refractivity contribution is -0.142. The first-order valence-electron chi connectivity index (χ1n) is 11.5. The van der Waals surface area contributed by atoms with Crippen LogP contribution in [0.1, 0.15) is 16.7 Å². The number of fused-ring (bicyclic) bond motifs is 3. The molecule has 190 valence electrons. The number of nitrogens with zero attached hydrogens (tertiary/aromatic N) is 2. The molecule has 0 N–H and O–H groups in total. The molecule has 9 heteroatoms. The monoisotopic (exact) mass is 522 g/mol. The molecule has 0 fully saturated rings. The Morgan fingerprint density at radius 3 is 1.82 bits per heavy atom. The second kappa shape index (κ2) is 8.31. The van der Waals surface area contributed by atoms with Crippen molar-refractivity contribution in [1.29, 1.82) is 0 Å². The first kappa shape index (κ1) is 24.0. The fraction of sp³-hybridized carbons (Fsp3) is 0.103. The Balaban J connectivity index is 1.71. The van der Waals surface area contributed by atoms with E-state index in [4.69, 9.17) is 4.42 Å². The Kier molecular flexibility index (Phi) is 5.24. The molecule has 4 aromatic carbocycles. The zero-order valence-electron chi connectivity index (χ0n) is 19.6. The first-order chi connectivity index (χ1) is 18.0. The second-order valence-electron chi connectivity index (χ2n) is 9.00. The number of alkyl halides is 6. The topological polar surface area (TPSA) is 38.9 Å². The van der Waals surface area contributed by atoms with Crippen molar-refractivity contribution in [2.45, 2.75) is 19.3 Å². The van der Waals surface area contributed by atoms with Crippen molar-refractivity contribution < 1.29 is 30.8 Å². The molecule has 0 aliphatic rings. The van der Waals surface area contributed by atoms with Gasteiger partial charge in [0.05, 0.1) is 11.1 Å². The van der Waals surface area contributed by atoms with Crippen LogP contribution in [0.3, 0.4) is 0 Å². The molecule has 3 nitrogen and oxygen atoms in total. The summed E-state index contributed by atoms with van der Waals surface area (Å²) in [4.78, 5) is 0. The molecule has 0 saturated carbocycles. The normalized spacial score (nSPS) is 12.6. The quantitative estimate of drug-likeness (QED) is 0.168. The minimum absolute atomic E-state index is 0.129. The van der Waals surface area contributed by atoms with Gasteiger partial charge >= 0.3 is 12.4 Å². The molecule has 0 aliphatic heterocycles. The molecular weight excluding hydrogens is 506 g/mol. The van der Waals surface area contributed by atoms with Gasteiger partial charge in [-0.25, -0.2) is 0 Å². The van der Waals surface area contributed by atoms with Crippen molar-refractivity contribution >= 4 is 32.5 Å². The van der Waals surface area contributed by atoms with Crippen molar-refractivity contribution in [2.24, 2.45) is 0 Å². The SMILES string of the molecule is Cc1cc(C(F)(F)F)cc(C(F)(F)F)c1-c1nnc(-c2cc3ccccc3o2)c2cc3ccccc3cc12. The fourth-order valence-corrected chi connectivity index (χ4v) is 4.79. The van der Waals surface area contributed by atoms with Crippen LogP contribution in [0.4, 0.5) is 26.3 Å². The lowest BCUT2D eigenvalue weighted by Gasteiger charge is -2.19. The lowest BCUT2D eigenvalue weighted by atomic mass is 9.91. The van der Waals surface area contributed by atoms with E-state index >= 15 is 0 Å². The van der Waals surface area contributed by atoms with Crippen LogP contribution in [-0.4, -0.2) is 10.2 Å². The standard InChI is InChI=1S/C29H16F6N2O/c1-15-10-19(28(30,31)32)14-22(29(33,34)35)25(15)27-21-12-17-7-3-2-6-16(17)11-20(21)26(36-37-27)24-13-18-8-4-5-9-23(18)38-24/h2-14H,1H3. The van der Waals surface area contributed by atoms with Gasteiger partial charge in [0.1, 0.15) is 17.0 Å². The smallest absolute Gasteiger partial charge is 0.417 e. The summed E-state index contributed by atoms with van der Waals surface area (Å²) in [6.07, 6.45) is -10.0. The summed E-state index contributed by atoms with van der Waals surface area (Å²) in [5.74, 6) is 0.366. The van der Waals surface area contributed by atoms with E-state index in [1.165, 1.54) is 6.92 Å². The number of aromatic nitrogens is 2. The molecular formula is C29H16F6N2O. The molecule has 0 bridgehead atoms. The zero-order valence-corrected chi connectivity index (χ0v) is 19.6. The molecule has 6 rings (SSSR count). The van der Waals surface area contributed by atoms with Gasteiger partial charge in [0.2, 0.25) is 0 Å². The highest BCUT2D eigenvalue weighted by Crippen LogP contribution is 2.45. The highest BCUT2D eigenvalue weighted by Gasteiger charge is 2.40. The zero-order chi connectivity index (χ0) is 26.8. The Morgan fingerprint density at radius 2 is 1.21 bits per heavy atom. The van der Waals surface area contributed by atoms with Crippen molar-refractivity contribution in [3.63, 3.8) is 0 Å². The first-order valence-corrected chi connectivity index (χ1v) is 11.5. The molecule has 38 heavy (non-hydrogen) atoms. The maximum absolute atomic E-state index is 14.2. The summed E-state index contributed by atoms with van der Waals surface area (Å²) in [6, 6.07) is 20.6. The minimum Gasteiger partial charge on any atom is -0.454 e. The van der Waals surface area contributed by atoms with Crippen LogP contribution in [0.25, 0.3) is 55.2 Å². The van der Waals surface area contributed by atoms with E-state index in [2.05, 4.69) is 10.2 Å². The number of benzene rings is 4. The third-order valence-corrected chi connectivity index (χ3v) is 6.51. The van der Waals surface area contributed by atoms with Crippen LogP contribution < -0.4 is 0 Å². The molecule has 0 amide bonds. The molecule has 0 radical (unpaired) electrons. The van der Waals surface area contributed by atoms with Crippen molar-refractivity contribution in [2.75, 3.05) is 0 Å². The average Bonchev–Trinajstić information content (AvgIpc) is 3.29. The van der Waals surface area contributed by atoms with Crippen LogP contribution >= 0.6 is 0 Å². The van der Waals surface area contributed by atoms with E-state index in [-0.39, 0.29) is 17.3 Å². The lowest BCUT2D eigenvalue weighted by Crippen LogP contribution is -2.14. The molecule has 0 atom stereocenters. The Morgan fingerprint density at radius 1 is 0.632 bits per heavy atom. The molecule has 6 aromatic rings. The van der Waals surface area contributed by atoms with Crippen molar-refractivity contribution in [3.8, 4) is 22.7 Å². The van der Waals surface area contributed by atoms with Crippen LogP contribution in [0.15, 0.2) is 83.3 Å². The summed E-state index contributed by atoms with van der Waals surface area (Å²) >= 11 is 0. The molecule has 2 aromatic heterocycles. The number of rotatable bonds is 2. The highest BCUT2D eigenvalue weighted by molar-refractivity contribution is 6.09. The predicted octanol–water partition coefficient (Wildman–Crippen LogP) is 9.21. The van der Waals surface area contributed by atoms with E-state index in [1.807, 2.05) is 30.3 Å². The molecule has 0 unspecified atom stereocenters. The summed E-state index contributed by atoms with van der Waals surface area (Å²) in [6.45, 7) is 1.21. The van der Waals surface area contributed by atoms with E-state index in [1.54, 1.807) is 36.4 Å². The Hall–Kier alpha value is -4.40. The average molecular weight is 522 g/mol. The molecule has 0 spiro atoms. The van der Waals surface area contributed by atoms with Gasteiger partial charge in [0.25, 0.3) is 0 Å².